The maximum Gasteiger partial charge on any atom is 0.322 e. The second-order valence-corrected chi connectivity index (χ2v) is 7.09. The molecule has 0 bridgehead atoms. The Kier molecular flexibility index (Phi) is 4.19. The summed E-state index contributed by atoms with van der Waals surface area (Å²) in [5.41, 5.74) is 1.82. The minimum absolute atomic E-state index is 0.0780. The highest BCUT2D eigenvalue weighted by atomic mass is 31.2. The first kappa shape index (κ1) is 16.1. The van der Waals surface area contributed by atoms with Gasteiger partial charge in [0.2, 0.25) is 5.30 Å². The number of fused-ring (bicyclic) bond motifs is 1. The summed E-state index contributed by atoms with van der Waals surface area (Å²) in [5.74, 6) is -1.41. The Balaban J connectivity index is 2.19. The Morgan fingerprint density at radius 3 is 2.70 bits per heavy atom. The number of benzene rings is 2. The van der Waals surface area contributed by atoms with Crippen molar-refractivity contribution in [1.29, 1.82) is 0 Å². The number of halogens is 2. The molecule has 2 aromatic carbocycles. The molecule has 3 rings (SSSR count). The Labute approximate surface area is 133 Å². The normalized spacial score (nSPS) is 19.8. The highest BCUT2D eigenvalue weighted by Crippen LogP contribution is 2.58. The zero-order chi connectivity index (χ0) is 16.6. The van der Waals surface area contributed by atoms with Crippen LogP contribution in [0, 0.1) is 18.6 Å². The van der Waals surface area contributed by atoms with E-state index in [0.717, 1.165) is 11.6 Å². The van der Waals surface area contributed by atoms with Crippen LogP contribution >= 0.6 is 7.94 Å². The van der Waals surface area contributed by atoms with Crippen molar-refractivity contribution in [3.05, 3.63) is 64.7 Å². The van der Waals surface area contributed by atoms with Crippen molar-refractivity contribution >= 4 is 25.1 Å². The van der Waals surface area contributed by atoms with E-state index in [1.54, 1.807) is 13.0 Å². The van der Waals surface area contributed by atoms with E-state index in [2.05, 4.69) is 0 Å². The third-order valence-corrected chi connectivity index (χ3v) is 5.49. The van der Waals surface area contributed by atoms with Gasteiger partial charge >= 0.3 is 7.94 Å². The van der Waals surface area contributed by atoms with Crippen molar-refractivity contribution in [2.24, 2.45) is 0 Å². The van der Waals surface area contributed by atoms with Crippen molar-refractivity contribution in [2.45, 2.75) is 13.8 Å². The van der Waals surface area contributed by atoms with Gasteiger partial charge in [-0.05, 0) is 32.1 Å². The SMILES string of the molecule is CCO[P+]1([O-])OC(c2cccc(C)c2)=Cc2cc(F)cc(F)c21. The van der Waals surface area contributed by atoms with E-state index >= 15 is 0 Å². The fraction of sp³-hybridized carbons (Fsp3) is 0.176. The van der Waals surface area contributed by atoms with Crippen molar-refractivity contribution in [1.82, 2.24) is 0 Å². The molecule has 0 fully saturated rings. The zero-order valence-electron chi connectivity index (χ0n) is 12.7. The molecule has 2 aromatic rings. The largest absolute Gasteiger partial charge is 0.620 e. The van der Waals surface area contributed by atoms with E-state index < -0.39 is 19.6 Å². The van der Waals surface area contributed by atoms with Crippen LogP contribution in [0.3, 0.4) is 0 Å². The molecule has 0 N–H and O–H groups in total. The molecule has 1 unspecified atom stereocenters. The lowest BCUT2D eigenvalue weighted by Gasteiger charge is -2.32. The monoisotopic (exact) mass is 336 g/mol. The van der Waals surface area contributed by atoms with Crippen LogP contribution in [-0.2, 0) is 9.05 Å². The Morgan fingerprint density at radius 1 is 1.22 bits per heavy atom. The van der Waals surface area contributed by atoms with Gasteiger partial charge in [0.15, 0.2) is 11.6 Å². The molecule has 6 heteroatoms. The third-order valence-electron chi connectivity index (χ3n) is 3.44. The van der Waals surface area contributed by atoms with Crippen LogP contribution in [0.1, 0.15) is 23.6 Å². The third kappa shape index (κ3) is 3.00. The van der Waals surface area contributed by atoms with Gasteiger partial charge in [0.1, 0.15) is 5.82 Å². The van der Waals surface area contributed by atoms with Gasteiger partial charge in [-0.3, -0.25) is 0 Å². The van der Waals surface area contributed by atoms with E-state index in [1.165, 1.54) is 6.08 Å². The standard InChI is InChI=1S/C17H15F2O3P/c1-3-21-23(20)17-13(8-14(18)10-15(17)19)9-16(22-23)12-6-4-5-11(2)7-12/h4-10H,3H2,1-2H3. The molecule has 0 aliphatic carbocycles. The topological polar surface area (TPSA) is 41.5 Å². The second-order valence-electron chi connectivity index (χ2n) is 5.21. The highest BCUT2D eigenvalue weighted by Gasteiger charge is 2.44. The molecule has 0 amide bonds. The molecule has 0 saturated heterocycles. The quantitative estimate of drug-likeness (QED) is 0.805. The minimum Gasteiger partial charge on any atom is -0.620 e. The molecule has 1 heterocycles. The summed E-state index contributed by atoms with van der Waals surface area (Å²) in [6, 6.07) is 9.14. The van der Waals surface area contributed by atoms with Gasteiger partial charge < -0.3 is 9.42 Å². The molecule has 0 radical (unpaired) electrons. The number of aryl methyl sites for hydroxylation is 1. The van der Waals surface area contributed by atoms with E-state index in [-0.39, 0.29) is 23.2 Å². The smallest absolute Gasteiger partial charge is 0.322 e. The highest BCUT2D eigenvalue weighted by molar-refractivity contribution is 7.67. The summed E-state index contributed by atoms with van der Waals surface area (Å²) in [7, 11) is -3.91. The van der Waals surface area contributed by atoms with E-state index in [4.69, 9.17) is 9.05 Å². The molecule has 120 valence electrons. The van der Waals surface area contributed by atoms with Crippen LogP contribution in [0.2, 0.25) is 0 Å². The van der Waals surface area contributed by atoms with Crippen LogP contribution in [0.25, 0.3) is 11.8 Å². The number of hydrogen-bond acceptors (Lipinski definition) is 3. The van der Waals surface area contributed by atoms with Gasteiger partial charge in [-0.1, -0.05) is 23.8 Å². The summed E-state index contributed by atoms with van der Waals surface area (Å²) < 4.78 is 38.5. The lowest BCUT2D eigenvalue weighted by Crippen LogP contribution is -2.33. The van der Waals surface area contributed by atoms with Crippen LogP contribution in [0.5, 0.6) is 0 Å². The summed E-state index contributed by atoms with van der Waals surface area (Å²) in [6.07, 6.45) is 1.48. The summed E-state index contributed by atoms with van der Waals surface area (Å²) in [6.45, 7) is 3.62. The van der Waals surface area contributed by atoms with Gasteiger partial charge in [0.05, 0.1) is 6.61 Å². The number of rotatable bonds is 3. The van der Waals surface area contributed by atoms with Gasteiger partial charge in [-0.15, -0.1) is 0 Å². The lowest BCUT2D eigenvalue weighted by atomic mass is 10.1. The molecule has 0 aromatic heterocycles. The van der Waals surface area contributed by atoms with Crippen molar-refractivity contribution in [3.63, 3.8) is 0 Å². The molecular formula is C17H15F2O3P. The first-order valence-corrected chi connectivity index (χ1v) is 8.70. The molecule has 3 nitrogen and oxygen atoms in total. The fourth-order valence-corrected chi connectivity index (χ4v) is 4.32. The van der Waals surface area contributed by atoms with Gasteiger partial charge in [-0.2, -0.15) is 4.52 Å². The van der Waals surface area contributed by atoms with Crippen molar-refractivity contribution in [3.8, 4) is 0 Å². The average Bonchev–Trinajstić information content (AvgIpc) is 2.45. The maximum absolute atomic E-state index is 14.1. The van der Waals surface area contributed by atoms with Crippen LogP contribution in [0.4, 0.5) is 8.78 Å². The molecule has 1 atom stereocenters. The minimum atomic E-state index is -3.91. The summed E-state index contributed by atoms with van der Waals surface area (Å²) in [4.78, 5) is 13.0. The average molecular weight is 336 g/mol. The zero-order valence-corrected chi connectivity index (χ0v) is 13.6. The van der Waals surface area contributed by atoms with E-state index in [0.29, 0.717) is 11.6 Å². The van der Waals surface area contributed by atoms with Crippen LogP contribution in [0.15, 0.2) is 36.4 Å². The Morgan fingerprint density at radius 2 is 2.00 bits per heavy atom. The Bertz CT molecular complexity index is 791. The maximum atomic E-state index is 14.1. The Hall–Kier alpha value is -1.81. The molecular weight excluding hydrogens is 321 g/mol. The van der Waals surface area contributed by atoms with Crippen LogP contribution < -0.4 is 10.2 Å². The molecule has 0 spiro atoms. The van der Waals surface area contributed by atoms with E-state index in [9.17, 15) is 13.7 Å². The van der Waals surface area contributed by atoms with Crippen molar-refractivity contribution in [2.75, 3.05) is 6.61 Å². The fourth-order valence-electron chi connectivity index (χ4n) is 2.52. The van der Waals surface area contributed by atoms with Gasteiger partial charge in [0, 0.05) is 17.2 Å². The molecule has 0 saturated carbocycles. The molecule has 1 aliphatic heterocycles. The van der Waals surface area contributed by atoms with Gasteiger partial charge in [-0.25, -0.2) is 8.78 Å². The predicted molar refractivity (Wildman–Crippen MR) is 84.7 cm³/mol. The van der Waals surface area contributed by atoms with Gasteiger partial charge in [0.25, 0.3) is 0 Å². The predicted octanol–water partition coefficient (Wildman–Crippen LogP) is 3.59. The first-order chi connectivity index (χ1) is 10.9. The first-order valence-electron chi connectivity index (χ1n) is 7.15. The second kappa shape index (κ2) is 6.00. The van der Waals surface area contributed by atoms with Crippen molar-refractivity contribution < 1.29 is 22.7 Å². The van der Waals surface area contributed by atoms with Crippen LogP contribution in [-0.4, -0.2) is 6.61 Å². The molecule has 1 aliphatic rings. The summed E-state index contributed by atoms with van der Waals surface area (Å²) >= 11 is 0. The van der Waals surface area contributed by atoms with E-state index in [1.807, 2.05) is 25.1 Å². The lowest BCUT2D eigenvalue weighted by molar-refractivity contribution is -0.207. The molecule has 23 heavy (non-hydrogen) atoms. The summed E-state index contributed by atoms with van der Waals surface area (Å²) in [5, 5.41) is -0.225. The number of hydrogen-bond donors (Lipinski definition) is 0.